The lowest BCUT2D eigenvalue weighted by Gasteiger charge is -2.06. The monoisotopic (exact) mass is 191 g/mol. The molecule has 70 valence electrons. The van der Waals surface area contributed by atoms with Gasteiger partial charge in [0, 0.05) is 6.04 Å². The van der Waals surface area contributed by atoms with E-state index in [4.69, 9.17) is 5.11 Å². The molecule has 0 aliphatic rings. The van der Waals surface area contributed by atoms with Crippen LogP contribution in [0.1, 0.15) is 13.8 Å². The second-order valence-electron chi connectivity index (χ2n) is 2.61. The summed E-state index contributed by atoms with van der Waals surface area (Å²) >= 11 is 1.10. The highest BCUT2D eigenvalue weighted by Gasteiger charge is 2.04. The molecule has 0 saturated carbocycles. The minimum atomic E-state index is -0.891. The standard InChI is InChI=1S/C7H13NO3S/c1-5(2)8-6(9)3-12-4-7(10)11/h5H,3-4H2,1-2H3,(H,8,9)(H,10,11). The molecular weight excluding hydrogens is 178 g/mol. The van der Waals surface area contributed by atoms with Gasteiger partial charge < -0.3 is 10.4 Å². The molecule has 0 aliphatic carbocycles. The highest BCUT2D eigenvalue weighted by atomic mass is 32.2. The molecule has 0 unspecified atom stereocenters. The van der Waals surface area contributed by atoms with E-state index in [0.717, 1.165) is 11.8 Å². The summed E-state index contributed by atoms with van der Waals surface area (Å²) in [4.78, 5) is 21.0. The summed E-state index contributed by atoms with van der Waals surface area (Å²) in [6.45, 7) is 3.72. The van der Waals surface area contributed by atoms with Crippen LogP contribution in [-0.2, 0) is 9.59 Å². The van der Waals surface area contributed by atoms with Crippen LogP contribution in [0.5, 0.6) is 0 Å². The van der Waals surface area contributed by atoms with Gasteiger partial charge in [-0.3, -0.25) is 9.59 Å². The molecule has 0 spiro atoms. The minimum Gasteiger partial charge on any atom is -0.481 e. The van der Waals surface area contributed by atoms with Crippen LogP contribution in [0.4, 0.5) is 0 Å². The van der Waals surface area contributed by atoms with E-state index in [2.05, 4.69) is 5.32 Å². The lowest BCUT2D eigenvalue weighted by atomic mass is 10.4. The molecule has 0 radical (unpaired) electrons. The van der Waals surface area contributed by atoms with E-state index in [1.54, 1.807) is 0 Å². The summed E-state index contributed by atoms with van der Waals surface area (Å²) in [5.41, 5.74) is 0. The number of carboxylic acid groups (broad SMARTS) is 1. The highest BCUT2D eigenvalue weighted by molar-refractivity contribution is 8.00. The Kier molecular flexibility index (Phi) is 5.53. The maximum atomic E-state index is 10.9. The normalized spacial score (nSPS) is 9.92. The van der Waals surface area contributed by atoms with E-state index in [-0.39, 0.29) is 23.5 Å². The molecule has 0 aromatic heterocycles. The molecule has 0 aromatic carbocycles. The van der Waals surface area contributed by atoms with Crippen molar-refractivity contribution in [2.45, 2.75) is 19.9 Å². The van der Waals surface area contributed by atoms with Crippen molar-refractivity contribution >= 4 is 23.6 Å². The van der Waals surface area contributed by atoms with Crippen LogP contribution in [0.15, 0.2) is 0 Å². The summed E-state index contributed by atoms with van der Waals surface area (Å²) in [5, 5.41) is 10.9. The smallest absolute Gasteiger partial charge is 0.313 e. The fourth-order valence-corrected chi connectivity index (χ4v) is 1.14. The number of thioether (sulfide) groups is 1. The summed E-state index contributed by atoms with van der Waals surface area (Å²) in [6, 6.07) is 0.114. The van der Waals surface area contributed by atoms with Crippen LogP contribution in [0, 0.1) is 0 Å². The Balaban J connectivity index is 3.38. The van der Waals surface area contributed by atoms with E-state index in [0.29, 0.717) is 0 Å². The van der Waals surface area contributed by atoms with Crippen LogP contribution < -0.4 is 5.32 Å². The van der Waals surface area contributed by atoms with Crippen LogP contribution in [0.25, 0.3) is 0 Å². The van der Waals surface area contributed by atoms with Gasteiger partial charge in [-0.2, -0.15) is 0 Å². The van der Waals surface area contributed by atoms with Crippen LogP contribution in [0.2, 0.25) is 0 Å². The van der Waals surface area contributed by atoms with E-state index in [1.807, 2.05) is 13.8 Å². The summed E-state index contributed by atoms with van der Waals surface area (Å²) < 4.78 is 0. The largest absolute Gasteiger partial charge is 0.481 e. The molecule has 1 amide bonds. The van der Waals surface area contributed by atoms with E-state index in [1.165, 1.54) is 0 Å². The van der Waals surface area contributed by atoms with Crippen LogP contribution >= 0.6 is 11.8 Å². The van der Waals surface area contributed by atoms with Gasteiger partial charge in [-0.1, -0.05) is 0 Å². The molecule has 0 aromatic rings. The van der Waals surface area contributed by atoms with E-state index in [9.17, 15) is 9.59 Å². The number of carbonyl (C=O) groups excluding carboxylic acids is 1. The number of aliphatic carboxylic acids is 1. The number of hydrogen-bond donors (Lipinski definition) is 2. The molecule has 4 nitrogen and oxygen atoms in total. The molecule has 12 heavy (non-hydrogen) atoms. The molecule has 2 N–H and O–H groups in total. The molecule has 0 rings (SSSR count). The van der Waals surface area contributed by atoms with Crippen molar-refractivity contribution < 1.29 is 14.7 Å². The first kappa shape index (κ1) is 11.3. The fraction of sp³-hybridized carbons (Fsp3) is 0.714. The number of rotatable bonds is 5. The second kappa shape index (κ2) is 5.88. The Morgan fingerprint density at radius 3 is 2.42 bits per heavy atom. The van der Waals surface area contributed by atoms with Gasteiger partial charge in [-0.25, -0.2) is 0 Å². The van der Waals surface area contributed by atoms with Gasteiger partial charge in [0.15, 0.2) is 0 Å². The lowest BCUT2D eigenvalue weighted by molar-refractivity contribution is -0.133. The average molecular weight is 191 g/mol. The lowest BCUT2D eigenvalue weighted by Crippen LogP contribution is -2.31. The fourth-order valence-electron chi connectivity index (χ4n) is 0.595. The van der Waals surface area contributed by atoms with Crippen molar-refractivity contribution in [3.05, 3.63) is 0 Å². The zero-order chi connectivity index (χ0) is 9.56. The zero-order valence-electron chi connectivity index (χ0n) is 7.16. The van der Waals surface area contributed by atoms with Gasteiger partial charge in [-0.05, 0) is 13.8 Å². The van der Waals surface area contributed by atoms with Gasteiger partial charge in [-0.15, -0.1) is 11.8 Å². The van der Waals surface area contributed by atoms with Crippen LogP contribution in [0.3, 0.4) is 0 Å². The second-order valence-corrected chi connectivity index (χ2v) is 3.59. The van der Waals surface area contributed by atoms with E-state index >= 15 is 0 Å². The number of nitrogens with one attached hydrogen (secondary N) is 1. The SMILES string of the molecule is CC(C)NC(=O)CSCC(=O)O. The first-order valence-electron chi connectivity index (χ1n) is 3.61. The molecule has 0 heterocycles. The molecule has 0 bridgehead atoms. The number of amides is 1. The van der Waals surface area contributed by atoms with Crippen molar-refractivity contribution in [3.8, 4) is 0 Å². The Labute approximate surface area is 75.7 Å². The van der Waals surface area contributed by atoms with Crippen molar-refractivity contribution in [1.29, 1.82) is 0 Å². The maximum absolute atomic E-state index is 10.9. The first-order valence-corrected chi connectivity index (χ1v) is 4.76. The average Bonchev–Trinajstić information content (AvgIpc) is 1.84. The molecule has 0 atom stereocenters. The predicted octanol–water partition coefficient (Wildman–Crippen LogP) is 0.329. The summed E-state index contributed by atoms with van der Waals surface area (Å²) in [6.07, 6.45) is 0. The molecule has 0 fully saturated rings. The third kappa shape index (κ3) is 7.40. The molecule has 0 saturated heterocycles. The third-order valence-corrected chi connectivity index (χ3v) is 1.83. The molecule has 5 heteroatoms. The zero-order valence-corrected chi connectivity index (χ0v) is 7.98. The maximum Gasteiger partial charge on any atom is 0.313 e. The Hall–Kier alpha value is -0.710. The number of carboxylic acids is 1. The first-order chi connectivity index (χ1) is 5.52. The highest BCUT2D eigenvalue weighted by Crippen LogP contribution is 1.98. The molecular formula is C7H13NO3S. The Morgan fingerprint density at radius 2 is 2.00 bits per heavy atom. The number of carbonyl (C=O) groups is 2. The Bertz CT molecular complexity index is 170. The van der Waals surface area contributed by atoms with Gasteiger partial charge in [0.2, 0.25) is 5.91 Å². The third-order valence-electron chi connectivity index (χ3n) is 0.908. The minimum absolute atomic E-state index is 0.0223. The Morgan fingerprint density at radius 1 is 1.42 bits per heavy atom. The van der Waals surface area contributed by atoms with Crippen molar-refractivity contribution in [1.82, 2.24) is 5.32 Å². The van der Waals surface area contributed by atoms with Gasteiger partial charge >= 0.3 is 5.97 Å². The van der Waals surface area contributed by atoms with E-state index < -0.39 is 5.97 Å². The number of hydrogen-bond acceptors (Lipinski definition) is 3. The van der Waals surface area contributed by atoms with Gasteiger partial charge in [0.1, 0.15) is 0 Å². The van der Waals surface area contributed by atoms with Crippen molar-refractivity contribution in [3.63, 3.8) is 0 Å². The summed E-state index contributed by atoms with van der Waals surface area (Å²) in [5.74, 6) is -0.815. The van der Waals surface area contributed by atoms with Crippen molar-refractivity contribution in [2.75, 3.05) is 11.5 Å². The van der Waals surface area contributed by atoms with Crippen molar-refractivity contribution in [2.24, 2.45) is 0 Å². The van der Waals surface area contributed by atoms with Crippen LogP contribution in [-0.4, -0.2) is 34.5 Å². The quantitative estimate of drug-likeness (QED) is 0.657. The molecule has 0 aliphatic heterocycles. The van der Waals surface area contributed by atoms with Gasteiger partial charge in [0.05, 0.1) is 11.5 Å². The summed E-state index contributed by atoms with van der Waals surface area (Å²) in [7, 11) is 0. The predicted molar refractivity (Wildman–Crippen MR) is 48.2 cm³/mol. The van der Waals surface area contributed by atoms with Gasteiger partial charge in [0.25, 0.3) is 0 Å². The topological polar surface area (TPSA) is 66.4 Å².